The van der Waals surface area contributed by atoms with Crippen molar-refractivity contribution in [1.29, 1.82) is 5.26 Å². The van der Waals surface area contributed by atoms with Crippen LogP contribution in [0.1, 0.15) is 23.0 Å². The standard InChI is InChI=1S/C17H17N3O4S/c18-10-12-3-4-14(15(8-12)20(22)23)19-5-6-24-11-13(19)9-16(21)17-2-1-7-25-17/h1-4,7-8,13,16,21H,5-6,9,11H2. The summed E-state index contributed by atoms with van der Waals surface area (Å²) in [7, 11) is 0. The van der Waals surface area contributed by atoms with Gasteiger partial charge in [-0.1, -0.05) is 6.07 Å². The number of aliphatic hydroxyl groups excluding tert-OH is 1. The smallest absolute Gasteiger partial charge is 0.293 e. The molecule has 8 heteroatoms. The number of benzene rings is 1. The Balaban J connectivity index is 1.88. The molecule has 1 N–H and O–H groups in total. The molecule has 1 aromatic heterocycles. The van der Waals surface area contributed by atoms with Crippen LogP contribution in [0.15, 0.2) is 35.7 Å². The highest BCUT2D eigenvalue weighted by molar-refractivity contribution is 7.10. The molecular formula is C17H17N3O4S. The number of hydrogen-bond acceptors (Lipinski definition) is 7. The second-order valence-corrected chi connectivity index (χ2v) is 6.74. The molecular weight excluding hydrogens is 342 g/mol. The third-order valence-corrected chi connectivity index (χ3v) is 5.18. The minimum Gasteiger partial charge on any atom is -0.387 e. The fourth-order valence-electron chi connectivity index (χ4n) is 3.00. The number of nitro groups is 1. The lowest BCUT2D eigenvalue weighted by Crippen LogP contribution is -2.46. The van der Waals surface area contributed by atoms with E-state index in [9.17, 15) is 15.2 Å². The number of thiophene rings is 1. The summed E-state index contributed by atoms with van der Waals surface area (Å²) in [6.45, 7) is 1.34. The number of anilines is 1. The van der Waals surface area contributed by atoms with Crippen LogP contribution in [0.5, 0.6) is 0 Å². The van der Waals surface area contributed by atoms with Crippen molar-refractivity contribution in [3.05, 3.63) is 56.3 Å². The molecule has 0 amide bonds. The number of nitrogens with zero attached hydrogens (tertiary/aromatic N) is 3. The molecule has 7 nitrogen and oxygen atoms in total. The first kappa shape index (κ1) is 17.4. The fourth-order valence-corrected chi connectivity index (χ4v) is 3.73. The number of morpholine rings is 1. The molecule has 25 heavy (non-hydrogen) atoms. The van der Waals surface area contributed by atoms with Gasteiger partial charge < -0.3 is 14.7 Å². The average molecular weight is 359 g/mol. The second-order valence-electron chi connectivity index (χ2n) is 5.76. The molecule has 0 aliphatic carbocycles. The molecule has 1 aliphatic rings. The van der Waals surface area contributed by atoms with Gasteiger partial charge in [-0.05, 0) is 23.6 Å². The number of rotatable bonds is 5. The summed E-state index contributed by atoms with van der Waals surface area (Å²) in [6, 6.07) is 9.96. The topological polar surface area (TPSA) is 99.6 Å². The van der Waals surface area contributed by atoms with E-state index in [4.69, 9.17) is 10.00 Å². The lowest BCUT2D eigenvalue weighted by Gasteiger charge is -2.37. The average Bonchev–Trinajstić information content (AvgIpc) is 3.16. The van der Waals surface area contributed by atoms with Crippen LogP contribution in [0.2, 0.25) is 0 Å². The number of nitriles is 1. The van der Waals surface area contributed by atoms with Crippen LogP contribution in [-0.4, -0.2) is 35.8 Å². The highest BCUT2D eigenvalue weighted by atomic mass is 32.1. The van der Waals surface area contributed by atoms with Gasteiger partial charge in [0.25, 0.3) is 5.69 Å². The maximum Gasteiger partial charge on any atom is 0.293 e. The van der Waals surface area contributed by atoms with Crippen molar-refractivity contribution < 1.29 is 14.8 Å². The van der Waals surface area contributed by atoms with Gasteiger partial charge in [0.05, 0.1) is 41.9 Å². The molecule has 3 rings (SSSR count). The lowest BCUT2D eigenvalue weighted by atomic mass is 10.0. The molecule has 0 bridgehead atoms. The highest BCUT2D eigenvalue weighted by Gasteiger charge is 2.30. The molecule has 1 aromatic carbocycles. The Morgan fingerprint density at radius 3 is 3.04 bits per heavy atom. The Morgan fingerprint density at radius 2 is 2.36 bits per heavy atom. The van der Waals surface area contributed by atoms with E-state index in [2.05, 4.69) is 0 Å². The van der Waals surface area contributed by atoms with E-state index in [1.54, 1.807) is 12.1 Å². The van der Waals surface area contributed by atoms with Crippen molar-refractivity contribution in [3.63, 3.8) is 0 Å². The molecule has 0 saturated carbocycles. The Morgan fingerprint density at radius 1 is 1.52 bits per heavy atom. The fraction of sp³-hybridized carbons (Fsp3) is 0.353. The quantitative estimate of drug-likeness (QED) is 0.651. The third kappa shape index (κ3) is 3.79. The number of hydrogen-bond donors (Lipinski definition) is 1. The van der Waals surface area contributed by atoms with Crippen LogP contribution in [0.4, 0.5) is 11.4 Å². The van der Waals surface area contributed by atoms with Gasteiger partial charge in [0.15, 0.2) is 0 Å². The maximum absolute atomic E-state index is 11.4. The maximum atomic E-state index is 11.4. The highest BCUT2D eigenvalue weighted by Crippen LogP contribution is 2.34. The molecule has 1 aliphatic heterocycles. The van der Waals surface area contributed by atoms with Crippen LogP contribution in [-0.2, 0) is 4.74 Å². The molecule has 1 fully saturated rings. The number of ether oxygens (including phenoxy) is 1. The number of aliphatic hydroxyl groups is 1. The van der Waals surface area contributed by atoms with Gasteiger partial charge in [-0.2, -0.15) is 5.26 Å². The molecule has 2 heterocycles. The van der Waals surface area contributed by atoms with Crippen LogP contribution in [0.3, 0.4) is 0 Å². The van der Waals surface area contributed by atoms with Crippen molar-refractivity contribution in [2.75, 3.05) is 24.7 Å². The molecule has 0 radical (unpaired) electrons. The molecule has 2 atom stereocenters. The van der Waals surface area contributed by atoms with E-state index < -0.39 is 11.0 Å². The molecule has 1 saturated heterocycles. The first-order valence-electron chi connectivity index (χ1n) is 7.84. The Hall–Kier alpha value is -2.47. The van der Waals surface area contributed by atoms with E-state index >= 15 is 0 Å². The number of nitro benzene ring substituents is 1. The van der Waals surface area contributed by atoms with Gasteiger partial charge in [0.1, 0.15) is 5.69 Å². The Kier molecular flexibility index (Phi) is 5.28. The lowest BCUT2D eigenvalue weighted by molar-refractivity contribution is -0.384. The molecule has 130 valence electrons. The van der Waals surface area contributed by atoms with Crippen molar-refractivity contribution in [1.82, 2.24) is 0 Å². The van der Waals surface area contributed by atoms with Crippen LogP contribution in [0, 0.1) is 21.4 Å². The first-order valence-corrected chi connectivity index (χ1v) is 8.72. The van der Waals surface area contributed by atoms with Crippen molar-refractivity contribution in [2.45, 2.75) is 18.6 Å². The van der Waals surface area contributed by atoms with Gasteiger partial charge >= 0.3 is 0 Å². The summed E-state index contributed by atoms with van der Waals surface area (Å²) in [5, 5.41) is 32.8. The van der Waals surface area contributed by atoms with Crippen LogP contribution in [0.25, 0.3) is 0 Å². The summed E-state index contributed by atoms with van der Waals surface area (Å²) in [4.78, 5) is 13.7. The summed E-state index contributed by atoms with van der Waals surface area (Å²) in [5.74, 6) is 0. The SMILES string of the molecule is N#Cc1ccc(N2CCOCC2CC(O)c2cccs2)c([N+](=O)[O-])c1. The summed E-state index contributed by atoms with van der Waals surface area (Å²) in [5.41, 5.74) is 0.603. The van der Waals surface area contributed by atoms with Gasteiger partial charge in [0.2, 0.25) is 0 Å². The zero-order chi connectivity index (χ0) is 17.8. The van der Waals surface area contributed by atoms with Crippen LogP contribution < -0.4 is 4.90 Å². The second kappa shape index (κ2) is 7.61. The van der Waals surface area contributed by atoms with E-state index in [0.29, 0.717) is 31.9 Å². The minimum absolute atomic E-state index is 0.100. The Bertz CT molecular complexity index is 788. The zero-order valence-corrected chi connectivity index (χ0v) is 14.2. The monoisotopic (exact) mass is 359 g/mol. The zero-order valence-electron chi connectivity index (χ0n) is 13.4. The summed E-state index contributed by atoms with van der Waals surface area (Å²) < 4.78 is 5.53. The van der Waals surface area contributed by atoms with Crippen molar-refractivity contribution >= 4 is 22.7 Å². The van der Waals surface area contributed by atoms with Gasteiger partial charge in [-0.25, -0.2) is 0 Å². The predicted molar refractivity (Wildman–Crippen MR) is 93.7 cm³/mol. The largest absolute Gasteiger partial charge is 0.387 e. The van der Waals surface area contributed by atoms with E-state index in [0.717, 1.165) is 4.88 Å². The predicted octanol–water partition coefficient (Wildman–Crippen LogP) is 2.86. The van der Waals surface area contributed by atoms with Crippen molar-refractivity contribution in [2.24, 2.45) is 0 Å². The first-order chi connectivity index (χ1) is 12.1. The molecule has 2 unspecified atom stereocenters. The molecule has 0 spiro atoms. The minimum atomic E-state index is -0.647. The normalized spacial score (nSPS) is 18.6. The van der Waals surface area contributed by atoms with Gasteiger partial charge in [-0.15, -0.1) is 11.3 Å². The molecule has 2 aromatic rings. The third-order valence-electron chi connectivity index (χ3n) is 4.21. The summed E-state index contributed by atoms with van der Waals surface area (Å²) >= 11 is 1.48. The van der Waals surface area contributed by atoms with Crippen LogP contribution >= 0.6 is 11.3 Å². The van der Waals surface area contributed by atoms with E-state index in [1.165, 1.54) is 17.4 Å². The summed E-state index contributed by atoms with van der Waals surface area (Å²) in [6.07, 6.45) is -0.232. The van der Waals surface area contributed by atoms with E-state index in [1.807, 2.05) is 28.5 Å². The van der Waals surface area contributed by atoms with Gasteiger partial charge in [-0.3, -0.25) is 10.1 Å². The van der Waals surface area contributed by atoms with E-state index in [-0.39, 0.29) is 17.3 Å². The Labute approximate surface area is 148 Å². The van der Waals surface area contributed by atoms with Crippen molar-refractivity contribution in [3.8, 4) is 6.07 Å². The van der Waals surface area contributed by atoms with Gasteiger partial charge in [0, 0.05) is 23.9 Å².